The van der Waals surface area contributed by atoms with E-state index in [0.29, 0.717) is 31.4 Å². The number of rotatable bonds is 4. The molecule has 1 aliphatic heterocycles. The zero-order valence-electron chi connectivity index (χ0n) is 11.0. The first kappa shape index (κ1) is 15.4. The molecule has 0 amide bonds. The van der Waals surface area contributed by atoms with Crippen molar-refractivity contribution in [2.24, 2.45) is 0 Å². The molecule has 0 radical (unpaired) electrons. The molecule has 20 heavy (non-hydrogen) atoms. The molecule has 1 fully saturated rings. The zero-order valence-corrected chi connectivity index (χ0v) is 12.6. The van der Waals surface area contributed by atoms with Crippen LogP contribution in [0.25, 0.3) is 0 Å². The van der Waals surface area contributed by atoms with Gasteiger partial charge in [-0.05, 0) is 13.0 Å². The van der Waals surface area contributed by atoms with Crippen LogP contribution in [0.1, 0.15) is 12.6 Å². The number of halogens is 1. The van der Waals surface area contributed by atoms with Crippen LogP contribution in [0.15, 0.2) is 6.07 Å². The topological polar surface area (TPSA) is 92.6 Å². The second-order valence-electron chi connectivity index (χ2n) is 4.64. The predicted octanol–water partition coefficient (Wildman–Crippen LogP) is 0.785. The first-order valence-electron chi connectivity index (χ1n) is 6.18. The zero-order chi connectivity index (χ0) is 14.8. The molecule has 1 aromatic rings. The molecule has 0 spiro atoms. The third-order valence-corrected chi connectivity index (χ3v) is 3.89. The lowest BCUT2D eigenvalue weighted by Gasteiger charge is -2.33. The van der Waals surface area contributed by atoms with Crippen molar-refractivity contribution in [2.45, 2.75) is 19.4 Å². The van der Waals surface area contributed by atoms with Gasteiger partial charge >= 0.3 is 0 Å². The largest absolute Gasteiger partial charge is 0.377 e. The maximum atomic E-state index is 10.8. The van der Waals surface area contributed by atoms with Gasteiger partial charge in [-0.2, -0.15) is 8.42 Å². The number of anilines is 1. The monoisotopic (exact) mass is 321 g/mol. The van der Waals surface area contributed by atoms with Crippen LogP contribution in [-0.2, 0) is 21.3 Å². The molecule has 0 aromatic carbocycles. The average Bonchev–Trinajstić information content (AvgIpc) is 2.35. The minimum atomic E-state index is -4.02. The van der Waals surface area contributed by atoms with E-state index in [0.717, 1.165) is 0 Å². The van der Waals surface area contributed by atoms with E-state index < -0.39 is 15.9 Å². The third-order valence-electron chi connectivity index (χ3n) is 2.98. The van der Waals surface area contributed by atoms with Crippen molar-refractivity contribution in [2.75, 3.05) is 30.4 Å². The van der Waals surface area contributed by atoms with E-state index >= 15 is 0 Å². The van der Waals surface area contributed by atoms with Crippen molar-refractivity contribution >= 4 is 27.7 Å². The molecule has 1 aliphatic rings. The van der Waals surface area contributed by atoms with Gasteiger partial charge in [0.2, 0.25) is 5.95 Å². The van der Waals surface area contributed by atoms with Crippen LogP contribution < -0.4 is 4.90 Å². The minimum Gasteiger partial charge on any atom is -0.377 e. The summed E-state index contributed by atoms with van der Waals surface area (Å²) in [4.78, 5) is 10.4. The summed E-state index contributed by atoms with van der Waals surface area (Å²) < 4.78 is 35.7. The van der Waals surface area contributed by atoms with Crippen molar-refractivity contribution in [1.29, 1.82) is 0 Å². The summed E-state index contributed by atoms with van der Waals surface area (Å²) in [6.07, 6.45) is 0.0901. The second kappa shape index (κ2) is 6.21. The van der Waals surface area contributed by atoms with Gasteiger partial charge < -0.3 is 9.64 Å². The summed E-state index contributed by atoms with van der Waals surface area (Å²) in [6, 6.07) is 1.62. The highest BCUT2D eigenvalue weighted by atomic mass is 35.5. The fraction of sp³-hybridized carbons (Fsp3) is 0.636. The maximum Gasteiger partial charge on any atom is 0.265 e. The molecule has 1 atom stereocenters. The smallest absolute Gasteiger partial charge is 0.265 e. The number of nitrogens with zero attached hydrogens (tertiary/aromatic N) is 3. The molecular formula is C11H16ClN3O4S. The molecule has 0 bridgehead atoms. The standard InChI is InChI=1S/C11H16ClN3O4S/c1-8-7-19-4-3-15(8)11-13-9(6-10(12)14-11)2-5-20(16,17)18/h6,8H,2-5,7H2,1H3,(H,16,17,18)/t8-/m0/s1. The molecule has 1 saturated heterocycles. The lowest BCUT2D eigenvalue weighted by Crippen LogP contribution is -2.44. The summed E-state index contributed by atoms with van der Waals surface area (Å²) in [5.74, 6) is 0.0666. The van der Waals surface area contributed by atoms with E-state index in [-0.39, 0.29) is 17.6 Å². The SMILES string of the molecule is C[C@H]1COCCN1c1nc(Cl)cc(CCS(=O)(=O)O)n1. The van der Waals surface area contributed by atoms with E-state index in [9.17, 15) is 8.42 Å². The van der Waals surface area contributed by atoms with E-state index in [1.807, 2.05) is 11.8 Å². The first-order chi connectivity index (χ1) is 9.35. The molecule has 2 heterocycles. The third kappa shape index (κ3) is 4.27. The van der Waals surface area contributed by atoms with Gasteiger partial charge in [-0.1, -0.05) is 11.6 Å². The van der Waals surface area contributed by atoms with Crippen molar-refractivity contribution in [1.82, 2.24) is 9.97 Å². The van der Waals surface area contributed by atoms with Crippen LogP contribution in [0, 0.1) is 0 Å². The lowest BCUT2D eigenvalue weighted by atomic mass is 10.2. The van der Waals surface area contributed by atoms with Crippen molar-refractivity contribution in [3.63, 3.8) is 0 Å². The van der Waals surface area contributed by atoms with Crippen molar-refractivity contribution in [3.8, 4) is 0 Å². The van der Waals surface area contributed by atoms with Gasteiger partial charge in [0.1, 0.15) is 5.15 Å². The van der Waals surface area contributed by atoms with E-state index in [1.165, 1.54) is 6.07 Å². The summed E-state index contributed by atoms with van der Waals surface area (Å²) in [5.41, 5.74) is 0.483. The van der Waals surface area contributed by atoms with Gasteiger partial charge in [0, 0.05) is 18.7 Å². The Balaban J connectivity index is 2.19. The Bertz CT molecular complexity index is 581. The highest BCUT2D eigenvalue weighted by Crippen LogP contribution is 2.19. The normalized spacial score (nSPS) is 20.1. The summed E-state index contributed by atoms with van der Waals surface area (Å²) in [5, 5.41) is 0.249. The Labute approximate surface area is 122 Å². The molecule has 7 nitrogen and oxygen atoms in total. The molecular weight excluding hydrogens is 306 g/mol. The van der Waals surface area contributed by atoms with Crippen LogP contribution in [0.4, 0.5) is 5.95 Å². The highest BCUT2D eigenvalue weighted by molar-refractivity contribution is 7.85. The summed E-state index contributed by atoms with van der Waals surface area (Å²) in [7, 11) is -4.02. The minimum absolute atomic E-state index is 0.0901. The molecule has 9 heteroatoms. The van der Waals surface area contributed by atoms with Gasteiger partial charge in [-0.25, -0.2) is 9.97 Å². The lowest BCUT2D eigenvalue weighted by molar-refractivity contribution is 0.0980. The number of morpholine rings is 1. The Morgan fingerprint density at radius 1 is 1.55 bits per heavy atom. The van der Waals surface area contributed by atoms with E-state index in [1.54, 1.807) is 0 Å². The van der Waals surface area contributed by atoms with Gasteiger partial charge in [-0.15, -0.1) is 0 Å². The maximum absolute atomic E-state index is 10.8. The number of aryl methyl sites for hydroxylation is 1. The Hall–Kier alpha value is -0.960. The molecule has 0 unspecified atom stereocenters. The Morgan fingerprint density at radius 3 is 2.95 bits per heavy atom. The first-order valence-corrected chi connectivity index (χ1v) is 8.17. The van der Waals surface area contributed by atoms with Crippen LogP contribution in [0.3, 0.4) is 0 Å². The van der Waals surface area contributed by atoms with Crippen molar-refractivity contribution in [3.05, 3.63) is 16.9 Å². The van der Waals surface area contributed by atoms with Gasteiger partial charge in [0.25, 0.3) is 10.1 Å². The summed E-state index contributed by atoms with van der Waals surface area (Å²) in [6.45, 7) is 3.80. The highest BCUT2D eigenvalue weighted by Gasteiger charge is 2.22. The molecule has 112 valence electrons. The number of hydrogen-bond acceptors (Lipinski definition) is 6. The van der Waals surface area contributed by atoms with Crippen molar-refractivity contribution < 1.29 is 17.7 Å². The molecule has 0 aliphatic carbocycles. The predicted molar refractivity (Wildman–Crippen MR) is 74.8 cm³/mol. The summed E-state index contributed by atoms with van der Waals surface area (Å²) >= 11 is 5.95. The second-order valence-corrected chi connectivity index (χ2v) is 6.59. The Morgan fingerprint density at radius 2 is 2.30 bits per heavy atom. The van der Waals surface area contributed by atoms with E-state index in [2.05, 4.69) is 9.97 Å². The molecule has 0 saturated carbocycles. The molecule has 2 rings (SSSR count). The molecule has 1 N–H and O–H groups in total. The molecule has 1 aromatic heterocycles. The average molecular weight is 322 g/mol. The van der Waals surface area contributed by atoms with Gasteiger partial charge in [-0.3, -0.25) is 4.55 Å². The number of hydrogen-bond donors (Lipinski definition) is 1. The number of ether oxygens (including phenoxy) is 1. The Kier molecular flexibility index (Phi) is 4.79. The quantitative estimate of drug-likeness (QED) is 0.647. The van der Waals surface area contributed by atoms with Crippen LogP contribution in [0.2, 0.25) is 5.15 Å². The van der Waals surface area contributed by atoms with Gasteiger partial charge in [0.15, 0.2) is 0 Å². The van der Waals surface area contributed by atoms with Crippen LogP contribution >= 0.6 is 11.6 Å². The fourth-order valence-electron chi connectivity index (χ4n) is 1.97. The van der Waals surface area contributed by atoms with E-state index in [4.69, 9.17) is 20.9 Å². The number of aromatic nitrogens is 2. The fourth-order valence-corrected chi connectivity index (χ4v) is 2.63. The van der Waals surface area contributed by atoms with Crippen LogP contribution in [-0.4, -0.2) is 54.5 Å². The van der Waals surface area contributed by atoms with Gasteiger partial charge in [0.05, 0.1) is 25.0 Å². The van der Waals surface area contributed by atoms with Crippen LogP contribution in [0.5, 0.6) is 0 Å².